The predicted molar refractivity (Wildman–Crippen MR) is 224 cm³/mol. The zero-order valence-corrected chi connectivity index (χ0v) is 28.8. The normalized spacial score (nSPS) is 12.3. The van der Waals surface area contributed by atoms with E-state index in [9.17, 15) is 0 Å². The van der Waals surface area contributed by atoms with Crippen LogP contribution in [0.25, 0.3) is 82.2 Å². The van der Waals surface area contributed by atoms with Gasteiger partial charge in [-0.2, -0.15) is 0 Å². The number of benzene rings is 9. The van der Waals surface area contributed by atoms with Crippen LogP contribution in [0.15, 0.2) is 191 Å². The van der Waals surface area contributed by atoms with Gasteiger partial charge in [0.25, 0.3) is 0 Å². The van der Waals surface area contributed by atoms with E-state index in [2.05, 4.69) is 121 Å². The van der Waals surface area contributed by atoms with Gasteiger partial charge in [-0.25, -0.2) is 4.99 Å². The van der Waals surface area contributed by atoms with Gasteiger partial charge in [0, 0.05) is 21.9 Å². The molecule has 3 nitrogen and oxygen atoms in total. The van der Waals surface area contributed by atoms with Crippen molar-refractivity contribution in [3.63, 3.8) is 0 Å². The van der Waals surface area contributed by atoms with E-state index >= 15 is 0 Å². The molecule has 0 bridgehead atoms. The fourth-order valence-electron chi connectivity index (χ4n) is 7.75. The third-order valence-corrected chi connectivity index (χ3v) is 10.3. The molecule has 0 aliphatic carbocycles. The summed E-state index contributed by atoms with van der Waals surface area (Å²) >= 11 is 0. The summed E-state index contributed by atoms with van der Waals surface area (Å²) in [7, 11) is 0. The van der Waals surface area contributed by atoms with Crippen LogP contribution in [0.2, 0.25) is 0 Å². The zero-order valence-electron chi connectivity index (χ0n) is 28.8. The first-order valence-corrected chi connectivity index (χ1v) is 17.9. The first-order valence-electron chi connectivity index (χ1n) is 17.9. The zero-order chi connectivity index (χ0) is 35.3. The van der Waals surface area contributed by atoms with Crippen molar-refractivity contribution in [1.82, 2.24) is 0 Å². The van der Waals surface area contributed by atoms with Crippen molar-refractivity contribution in [2.75, 3.05) is 0 Å². The largest absolute Gasteiger partial charge is 0.455 e. The van der Waals surface area contributed by atoms with Gasteiger partial charge in [0.1, 0.15) is 11.2 Å². The van der Waals surface area contributed by atoms with Crippen LogP contribution < -0.4 is 0 Å². The maximum atomic E-state index is 8.90. The fraction of sp³-hybridized carbons (Fsp3) is 0. The molecular weight excluding hydrogens is 645 g/mol. The van der Waals surface area contributed by atoms with E-state index in [1.165, 1.54) is 48.8 Å². The van der Waals surface area contributed by atoms with Crippen LogP contribution in [-0.2, 0) is 0 Å². The first kappa shape index (κ1) is 30.7. The number of rotatable bonds is 5. The highest BCUT2D eigenvalue weighted by Crippen LogP contribution is 2.40. The van der Waals surface area contributed by atoms with Gasteiger partial charge < -0.3 is 4.42 Å². The van der Waals surface area contributed by atoms with Gasteiger partial charge in [-0.15, -0.1) is 0 Å². The van der Waals surface area contributed by atoms with Crippen molar-refractivity contribution in [1.29, 1.82) is 5.41 Å². The number of para-hydroxylation sites is 2. The van der Waals surface area contributed by atoms with Crippen molar-refractivity contribution >= 4 is 82.7 Å². The quantitative estimate of drug-likeness (QED) is 0.0839. The van der Waals surface area contributed by atoms with Crippen LogP contribution in [0.3, 0.4) is 0 Å². The van der Waals surface area contributed by atoms with E-state index in [4.69, 9.17) is 14.8 Å². The molecule has 0 amide bonds. The summed E-state index contributed by atoms with van der Waals surface area (Å²) in [6, 6.07) is 61.4. The summed E-state index contributed by atoms with van der Waals surface area (Å²) in [5.41, 5.74) is 7.35. The molecule has 0 saturated heterocycles. The monoisotopic (exact) mass is 676 g/mol. The number of nitrogens with one attached hydrogen (secondary N) is 1. The van der Waals surface area contributed by atoms with Gasteiger partial charge in [-0.1, -0.05) is 152 Å². The molecule has 0 spiro atoms. The Morgan fingerprint density at radius 3 is 2.08 bits per heavy atom. The van der Waals surface area contributed by atoms with Crippen LogP contribution in [0.1, 0.15) is 16.7 Å². The Morgan fingerprint density at radius 1 is 0.491 bits per heavy atom. The summed E-state index contributed by atoms with van der Waals surface area (Å²) < 4.78 is 6.40. The number of aliphatic imine (C=N–C) groups is 1. The van der Waals surface area contributed by atoms with Crippen LogP contribution >= 0.6 is 0 Å². The second-order valence-electron chi connectivity index (χ2n) is 13.5. The molecule has 248 valence electrons. The topological polar surface area (TPSA) is 49.4 Å². The summed E-state index contributed by atoms with van der Waals surface area (Å²) in [6.45, 7) is 0. The minimum atomic E-state index is 0.193. The van der Waals surface area contributed by atoms with Crippen LogP contribution in [0.5, 0.6) is 0 Å². The van der Waals surface area contributed by atoms with Crippen LogP contribution in [-0.4, -0.2) is 11.5 Å². The van der Waals surface area contributed by atoms with E-state index in [-0.39, 0.29) is 5.84 Å². The van der Waals surface area contributed by atoms with Crippen molar-refractivity contribution in [3.05, 3.63) is 199 Å². The van der Waals surface area contributed by atoms with Crippen LogP contribution in [0.4, 0.5) is 0 Å². The smallest absolute Gasteiger partial charge is 0.152 e. The molecule has 0 aliphatic rings. The van der Waals surface area contributed by atoms with Gasteiger partial charge in [0.05, 0.1) is 5.71 Å². The molecule has 0 saturated carbocycles. The second kappa shape index (κ2) is 12.6. The van der Waals surface area contributed by atoms with Gasteiger partial charge in [0.15, 0.2) is 5.84 Å². The highest BCUT2D eigenvalue weighted by Gasteiger charge is 2.15. The minimum Gasteiger partial charge on any atom is -0.455 e. The lowest BCUT2D eigenvalue weighted by Gasteiger charge is -2.15. The number of allylic oxidation sites excluding steroid dienone is 1. The molecule has 53 heavy (non-hydrogen) atoms. The molecular formula is C50H32N2O. The molecule has 0 unspecified atom stereocenters. The Bertz CT molecular complexity index is 3130. The lowest BCUT2D eigenvalue weighted by molar-refractivity contribution is 0.668. The first-order chi connectivity index (χ1) is 26.2. The van der Waals surface area contributed by atoms with Gasteiger partial charge in [-0.05, 0) is 96.2 Å². The summed E-state index contributed by atoms with van der Waals surface area (Å²) in [5.74, 6) is 0.193. The number of nitrogens with zero attached hydrogens (tertiary/aromatic N) is 1. The summed E-state index contributed by atoms with van der Waals surface area (Å²) in [4.78, 5) is 4.88. The van der Waals surface area contributed by atoms with Crippen molar-refractivity contribution < 1.29 is 4.42 Å². The standard InChI is InChI=1S/C50H32N2O/c51-50(34-12-2-1-3-13-34)52-46(44-19-10-18-43-41-17-8-9-20-47(41)53-49(43)44)28-22-32-21-23-36-30-38(25-24-35(36)29-32)48-40-16-7-5-14-37(40)31-45-39-15-6-4-11-33(39)26-27-42(45)48/h1-31,51H/b28-22+,51-50?,52-46?. The average molecular weight is 677 g/mol. The Hall–Kier alpha value is -7.10. The van der Waals surface area contributed by atoms with E-state index in [1.807, 2.05) is 66.7 Å². The lowest BCUT2D eigenvalue weighted by atomic mass is 9.89. The van der Waals surface area contributed by atoms with E-state index in [1.54, 1.807) is 0 Å². The van der Waals surface area contributed by atoms with E-state index in [0.717, 1.165) is 44.0 Å². The van der Waals surface area contributed by atoms with Gasteiger partial charge in [0.2, 0.25) is 0 Å². The lowest BCUT2D eigenvalue weighted by Crippen LogP contribution is -2.04. The molecule has 9 aromatic carbocycles. The van der Waals surface area contributed by atoms with E-state index in [0.29, 0.717) is 5.71 Å². The fourth-order valence-corrected chi connectivity index (χ4v) is 7.75. The third kappa shape index (κ3) is 5.38. The summed E-state index contributed by atoms with van der Waals surface area (Å²) in [5, 5.41) is 20.9. The molecule has 0 fully saturated rings. The predicted octanol–water partition coefficient (Wildman–Crippen LogP) is 13.4. The van der Waals surface area contributed by atoms with Crippen molar-refractivity contribution in [3.8, 4) is 11.1 Å². The summed E-state index contributed by atoms with van der Waals surface area (Å²) in [6.07, 6.45) is 4.08. The molecule has 1 N–H and O–H groups in total. The average Bonchev–Trinajstić information content (AvgIpc) is 3.60. The SMILES string of the molecule is N=C(N=C(/C=C/c1ccc2cc(-c3c4ccccc4cc4c3ccc3ccccc34)ccc2c1)c1cccc2c1oc1ccccc12)c1ccccc1. The number of furan rings is 1. The minimum absolute atomic E-state index is 0.193. The maximum Gasteiger partial charge on any atom is 0.152 e. The Balaban J connectivity index is 1.07. The Labute approximate surface area is 306 Å². The Kier molecular flexibility index (Phi) is 7.29. The van der Waals surface area contributed by atoms with Crippen molar-refractivity contribution in [2.45, 2.75) is 0 Å². The van der Waals surface area contributed by atoms with Gasteiger partial charge >= 0.3 is 0 Å². The maximum absolute atomic E-state index is 8.90. The highest BCUT2D eigenvalue weighted by atomic mass is 16.3. The molecule has 0 atom stereocenters. The second-order valence-corrected chi connectivity index (χ2v) is 13.5. The number of hydrogen-bond acceptors (Lipinski definition) is 2. The number of amidine groups is 1. The molecule has 10 aromatic rings. The van der Waals surface area contributed by atoms with Gasteiger partial charge in [-0.3, -0.25) is 5.41 Å². The Morgan fingerprint density at radius 2 is 1.19 bits per heavy atom. The van der Waals surface area contributed by atoms with E-state index < -0.39 is 0 Å². The molecule has 1 heterocycles. The highest BCUT2D eigenvalue weighted by molar-refractivity contribution is 6.24. The van der Waals surface area contributed by atoms with Crippen molar-refractivity contribution in [2.24, 2.45) is 4.99 Å². The number of fused-ring (bicyclic) bond motifs is 8. The molecule has 3 heteroatoms. The van der Waals surface area contributed by atoms with Crippen LogP contribution in [0, 0.1) is 5.41 Å². The molecule has 1 aromatic heterocycles. The number of hydrogen-bond donors (Lipinski definition) is 1. The molecule has 10 rings (SSSR count). The molecule has 0 radical (unpaired) electrons. The third-order valence-electron chi connectivity index (χ3n) is 10.3. The molecule has 0 aliphatic heterocycles.